The average Bonchev–Trinajstić information content (AvgIpc) is 2.57. The first-order valence-electron chi connectivity index (χ1n) is 8.29. The van der Waals surface area contributed by atoms with Gasteiger partial charge in [-0.2, -0.15) is 0 Å². The molecule has 9 nitrogen and oxygen atoms in total. The number of rotatable bonds is 8. The molecular weight excluding hydrogens is 356 g/mol. The Morgan fingerprint density at radius 2 is 1.70 bits per heavy atom. The molecular formula is C18H24N2O7. The number of amides is 2. The van der Waals surface area contributed by atoms with Gasteiger partial charge in [-0.25, -0.2) is 14.4 Å². The number of Topliss-reactive ketones (excluding diaryl/α,β-unsaturated/α-hetero) is 1. The molecule has 0 aliphatic heterocycles. The first-order chi connectivity index (χ1) is 12.6. The van der Waals surface area contributed by atoms with Crippen LogP contribution in [0.5, 0.6) is 0 Å². The van der Waals surface area contributed by atoms with Crippen molar-refractivity contribution in [3.05, 3.63) is 35.9 Å². The quantitative estimate of drug-likeness (QED) is 0.587. The fraction of sp³-hybridized carbons (Fsp3) is 0.444. The van der Waals surface area contributed by atoms with Crippen molar-refractivity contribution in [1.29, 1.82) is 0 Å². The van der Waals surface area contributed by atoms with Crippen LogP contribution < -0.4 is 10.6 Å². The summed E-state index contributed by atoms with van der Waals surface area (Å²) >= 11 is 0. The molecule has 0 fully saturated rings. The van der Waals surface area contributed by atoms with E-state index in [4.69, 9.17) is 14.6 Å². The SMILES string of the molecule is CC(C)(C)OC(=O)NCCC(NC(=O)OCc1ccccc1)C(=O)C(=O)O. The summed E-state index contributed by atoms with van der Waals surface area (Å²) < 4.78 is 10.0. The maximum absolute atomic E-state index is 11.8. The largest absolute Gasteiger partial charge is 0.475 e. The number of carbonyl (C=O) groups excluding carboxylic acids is 3. The molecule has 0 aliphatic rings. The van der Waals surface area contributed by atoms with Crippen molar-refractivity contribution < 1.29 is 33.8 Å². The topological polar surface area (TPSA) is 131 Å². The number of hydrogen-bond acceptors (Lipinski definition) is 6. The Hall–Kier alpha value is -3.10. The summed E-state index contributed by atoms with van der Waals surface area (Å²) in [6.07, 6.45) is -1.78. The minimum Gasteiger partial charge on any atom is -0.475 e. The standard InChI is InChI=1S/C18H24N2O7/c1-18(2,3)27-16(24)19-10-9-13(14(21)15(22)23)20-17(25)26-11-12-7-5-4-6-8-12/h4-8,13H,9-11H2,1-3H3,(H,19,24)(H,20,25)(H,22,23). The predicted octanol–water partition coefficient (Wildman–Crippen LogP) is 1.85. The van der Waals surface area contributed by atoms with Crippen molar-refractivity contribution in [2.75, 3.05) is 6.54 Å². The van der Waals surface area contributed by atoms with Crippen molar-refractivity contribution in [2.24, 2.45) is 0 Å². The fourth-order valence-corrected chi connectivity index (χ4v) is 1.96. The molecule has 2 amide bonds. The van der Waals surface area contributed by atoms with E-state index in [9.17, 15) is 19.2 Å². The normalized spacial score (nSPS) is 11.8. The fourth-order valence-electron chi connectivity index (χ4n) is 1.96. The summed E-state index contributed by atoms with van der Waals surface area (Å²) in [5.41, 5.74) is 0.0419. The van der Waals surface area contributed by atoms with Crippen LogP contribution in [0, 0.1) is 0 Å². The zero-order valence-corrected chi connectivity index (χ0v) is 15.5. The number of ketones is 1. The van der Waals surface area contributed by atoms with Gasteiger partial charge in [0.15, 0.2) is 0 Å². The molecule has 1 atom stereocenters. The highest BCUT2D eigenvalue weighted by molar-refractivity contribution is 6.35. The Morgan fingerprint density at radius 3 is 2.26 bits per heavy atom. The van der Waals surface area contributed by atoms with E-state index < -0.39 is 35.6 Å². The maximum Gasteiger partial charge on any atom is 0.408 e. The van der Waals surface area contributed by atoms with Gasteiger partial charge in [0.25, 0.3) is 5.78 Å². The van der Waals surface area contributed by atoms with E-state index in [0.717, 1.165) is 5.56 Å². The minimum atomic E-state index is -1.69. The van der Waals surface area contributed by atoms with Crippen LogP contribution in [0.25, 0.3) is 0 Å². The van der Waals surface area contributed by atoms with Gasteiger partial charge in [0.2, 0.25) is 0 Å². The van der Waals surface area contributed by atoms with Gasteiger partial charge in [0.05, 0.1) is 0 Å². The number of carbonyl (C=O) groups is 4. The smallest absolute Gasteiger partial charge is 0.408 e. The average molecular weight is 380 g/mol. The van der Waals surface area contributed by atoms with Crippen molar-refractivity contribution >= 4 is 23.9 Å². The third-order valence-electron chi connectivity index (χ3n) is 3.13. The molecule has 0 saturated heterocycles. The van der Waals surface area contributed by atoms with Crippen LogP contribution in [-0.2, 0) is 25.7 Å². The first-order valence-corrected chi connectivity index (χ1v) is 8.29. The Bertz CT molecular complexity index is 668. The van der Waals surface area contributed by atoms with E-state index >= 15 is 0 Å². The number of carboxylic acid groups (broad SMARTS) is 1. The summed E-state index contributed by atoms with van der Waals surface area (Å²) in [4.78, 5) is 46.1. The number of aliphatic carboxylic acids is 1. The molecule has 0 aliphatic carbocycles. The van der Waals surface area contributed by atoms with Crippen LogP contribution in [0.3, 0.4) is 0 Å². The van der Waals surface area contributed by atoms with Crippen LogP contribution in [0.15, 0.2) is 30.3 Å². The van der Waals surface area contributed by atoms with E-state index in [-0.39, 0.29) is 19.6 Å². The third kappa shape index (κ3) is 9.24. The number of carboxylic acids is 1. The van der Waals surface area contributed by atoms with E-state index in [1.165, 1.54) is 0 Å². The molecule has 0 heterocycles. The molecule has 148 valence electrons. The highest BCUT2D eigenvalue weighted by Crippen LogP contribution is 2.06. The van der Waals surface area contributed by atoms with Gasteiger partial charge < -0.3 is 25.2 Å². The number of hydrogen-bond donors (Lipinski definition) is 3. The molecule has 3 N–H and O–H groups in total. The van der Waals surface area contributed by atoms with Crippen LogP contribution in [0.2, 0.25) is 0 Å². The zero-order valence-electron chi connectivity index (χ0n) is 15.5. The first kappa shape index (κ1) is 21.9. The molecule has 0 aromatic heterocycles. The lowest BCUT2D eigenvalue weighted by atomic mass is 10.1. The maximum atomic E-state index is 11.8. The van der Waals surface area contributed by atoms with Gasteiger partial charge in [-0.05, 0) is 32.8 Å². The monoisotopic (exact) mass is 380 g/mol. The Balaban J connectivity index is 2.53. The Morgan fingerprint density at radius 1 is 1.07 bits per heavy atom. The van der Waals surface area contributed by atoms with Crippen LogP contribution in [0.4, 0.5) is 9.59 Å². The van der Waals surface area contributed by atoms with Crippen molar-refractivity contribution in [1.82, 2.24) is 10.6 Å². The van der Waals surface area contributed by atoms with Gasteiger partial charge in [-0.3, -0.25) is 4.79 Å². The van der Waals surface area contributed by atoms with Crippen LogP contribution in [-0.4, -0.2) is 47.2 Å². The molecule has 1 unspecified atom stereocenters. The van der Waals surface area contributed by atoms with E-state index in [1.54, 1.807) is 45.0 Å². The van der Waals surface area contributed by atoms with Crippen molar-refractivity contribution in [3.8, 4) is 0 Å². The van der Waals surface area contributed by atoms with Crippen molar-refractivity contribution in [2.45, 2.75) is 45.4 Å². The highest BCUT2D eigenvalue weighted by atomic mass is 16.6. The minimum absolute atomic E-state index is 0.0309. The van der Waals surface area contributed by atoms with E-state index in [2.05, 4.69) is 10.6 Å². The molecule has 1 rings (SSSR count). The number of alkyl carbamates (subject to hydrolysis) is 2. The number of nitrogens with one attached hydrogen (secondary N) is 2. The molecule has 1 aromatic carbocycles. The summed E-state index contributed by atoms with van der Waals surface area (Å²) in [5.74, 6) is -2.90. The molecule has 1 aromatic rings. The zero-order chi connectivity index (χ0) is 20.4. The Kier molecular flexibility index (Phi) is 8.25. The lowest BCUT2D eigenvalue weighted by Gasteiger charge is -2.20. The molecule has 0 saturated carbocycles. The molecule has 27 heavy (non-hydrogen) atoms. The second-order valence-electron chi connectivity index (χ2n) is 6.65. The second kappa shape index (κ2) is 10.1. The van der Waals surface area contributed by atoms with Gasteiger partial charge in [-0.15, -0.1) is 0 Å². The lowest BCUT2D eigenvalue weighted by molar-refractivity contribution is -0.150. The Labute approximate surface area is 157 Å². The summed E-state index contributed by atoms with van der Waals surface area (Å²) in [5, 5.41) is 13.5. The highest BCUT2D eigenvalue weighted by Gasteiger charge is 2.27. The lowest BCUT2D eigenvalue weighted by Crippen LogP contribution is -2.46. The third-order valence-corrected chi connectivity index (χ3v) is 3.13. The van der Waals surface area contributed by atoms with Crippen LogP contribution >= 0.6 is 0 Å². The van der Waals surface area contributed by atoms with Crippen LogP contribution in [0.1, 0.15) is 32.8 Å². The van der Waals surface area contributed by atoms with Gasteiger partial charge in [0, 0.05) is 6.54 Å². The molecule has 0 radical (unpaired) electrons. The second-order valence-corrected chi connectivity index (χ2v) is 6.65. The summed E-state index contributed by atoms with van der Waals surface area (Å²) in [6.45, 7) is 4.96. The summed E-state index contributed by atoms with van der Waals surface area (Å²) in [6, 6.07) is 7.50. The van der Waals surface area contributed by atoms with Gasteiger partial charge >= 0.3 is 18.2 Å². The molecule has 0 spiro atoms. The van der Waals surface area contributed by atoms with Crippen molar-refractivity contribution in [3.63, 3.8) is 0 Å². The number of ether oxygens (including phenoxy) is 2. The van der Waals surface area contributed by atoms with E-state index in [0.29, 0.717) is 0 Å². The molecule has 0 bridgehead atoms. The number of benzene rings is 1. The van der Waals surface area contributed by atoms with Gasteiger partial charge in [0.1, 0.15) is 18.2 Å². The van der Waals surface area contributed by atoms with E-state index in [1.807, 2.05) is 6.07 Å². The van der Waals surface area contributed by atoms with Gasteiger partial charge in [-0.1, -0.05) is 30.3 Å². The predicted molar refractivity (Wildman–Crippen MR) is 95.0 cm³/mol. The molecule has 9 heteroatoms. The summed E-state index contributed by atoms with van der Waals surface area (Å²) in [7, 11) is 0.